The molecule has 39 heavy (non-hydrogen) atoms. The highest BCUT2D eigenvalue weighted by atomic mass is 127. The third-order valence-corrected chi connectivity index (χ3v) is 7.79. The summed E-state index contributed by atoms with van der Waals surface area (Å²) in [4.78, 5) is 29.9. The van der Waals surface area contributed by atoms with E-state index in [-0.39, 0.29) is 44.5 Å². The van der Waals surface area contributed by atoms with Crippen molar-refractivity contribution in [3.05, 3.63) is 113 Å². The summed E-state index contributed by atoms with van der Waals surface area (Å²) in [5, 5.41) is 11.5. The average Bonchev–Trinajstić information content (AvgIpc) is 3.19. The van der Waals surface area contributed by atoms with Crippen molar-refractivity contribution in [3.8, 4) is 5.75 Å². The Morgan fingerprint density at radius 1 is 1.05 bits per heavy atom. The first-order chi connectivity index (χ1) is 18.7. The lowest BCUT2D eigenvalue weighted by Crippen LogP contribution is -2.14. The number of thioether (sulfide) groups is 1. The molecule has 0 atom stereocenters. The predicted octanol–water partition coefficient (Wildman–Crippen LogP) is 8.19. The molecule has 200 valence electrons. The number of benzene rings is 3. The largest absolute Gasteiger partial charge is 0.506 e. The number of amides is 1. The number of rotatable bonds is 7. The molecule has 1 aliphatic rings. The third kappa shape index (κ3) is 7.25. The van der Waals surface area contributed by atoms with Gasteiger partial charge in [0.1, 0.15) is 23.0 Å². The molecule has 4 rings (SSSR count). The zero-order valence-electron chi connectivity index (χ0n) is 20.8. The number of aryl methyl sites for hydroxylation is 1. The minimum Gasteiger partial charge on any atom is -0.506 e. The molecular weight excluding hydrogens is 672 g/mol. The lowest BCUT2D eigenvalue weighted by Gasteiger charge is -2.11. The minimum atomic E-state index is -0.781. The molecule has 0 bridgehead atoms. The van der Waals surface area contributed by atoms with Crippen LogP contribution >= 0.6 is 57.6 Å². The van der Waals surface area contributed by atoms with E-state index in [9.17, 15) is 14.7 Å². The zero-order chi connectivity index (χ0) is 28.1. The standard InChI is InChI=1S/C29H22Cl2INO5S/c1-3-37-29(36)24-25(34)23(39-28(24)33-27(35)19-8-4-16(2)5-9-19)14-18-12-21(30)26(22(31)13-18)38-15-17-6-10-20(32)11-7-17/h4-14,34H,3,15H2,1-2H3/b23-14-,33-28?. The number of aliphatic imine (C=N–C) groups is 1. The summed E-state index contributed by atoms with van der Waals surface area (Å²) in [6.45, 7) is 3.93. The monoisotopic (exact) mass is 693 g/mol. The Morgan fingerprint density at radius 3 is 2.31 bits per heavy atom. The van der Waals surface area contributed by atoms with Crippen LogP contribution < -0.4 is 4.74 Å². The number of halogens is 3. The van der Waals surface area contributed by atoms with Crippen molar-refractivity contribution in [3.63, 3.8) is 0 Å². The molecule has 10 heteroatoms. The van der Waals surface area contributed by atoms with Gasteiger partial charge >= 0.3 is 5.97 Å². The Morgan fingerprint density at radius 2 is 1.69 bits per heavy atom. The van der Waals surface area contributed by atoms with Crippen molar-refractivity contribution in [1.82, 2.24) is 0 Å². The van der Waals surface area contributed by atoms with Gasteiger partial charge in [-0.25, -0.2) is 9.79 Å². The van der Waals surface area contributed by atoms with Gasteiger partial charge in [0.25, 0.3) is 5.91 Å². The highest BCUT2D eigenvalue weighted by Crippen LogP contribution is 2.41. The smallest absolute Gasteiger partial charge is 0.344 e. The highest BCUT2D eigenvalue weighted by Gasteiger charge is 2.34. The van der Waals surface area contributed by atoms with Crippen LogP contribution in [0.15, 0.2) is 81.9 Å². The fourth-order valence-electron chi connectivity index (χ4n) is 3.53. The Balaban J connectivity index is 1.62. The molecule has 0 fully saturated rings. The summed E-state index contributed by atoms with van der Waals surface area (Å²) in [7, 11) is 0. The number of carbonyl (C=O) groups excluding carboxylic acids is 2. The van der Waals surface area contributed by atoms with E-state index in [1.165, 1.54) is 0 Å². The second-order valence-corrected chi connectivity index (χ2v) is 11.5. The molecule has 0 saturated carbocycles. The fraction of sp³-hybridized carbons (Fsp3) is 0.138. The maximum atomic E-state index is 12.8. The van der Waals surface area contributed by atoms with E-state index in [2.05, 4.69) is 27.6 Å². The van der Waals surface area contributed by atoms with Gasteiger partial charge in [0, 0.05) is 9.13 Å². The number of ether oxygens (including phenoxy) is 2. The van der Waals surface area contributed by atoms with Gasteiger partial charge in [-0.2, -0.15) is 0 Å². The summed E-state index contributed by atoms with van der Waals surface area (Å²) in [5.41, 5.74) is 2.68. The Bertz CT molecular complexity index is 1490. The summed E-state index contributed by atoms with van der Waals surface area (Å²) < 4.78 is 12.1. The highest BCUT2D eigenvalue weighted by molar-refractivity contribution is 14.1. The lowest BCUT2D eigenvalue weighted by atomic mass is 10.1. The molecular formula is C29H22Cl2INO5S. The van der Waals surface area contributed by atoms with Crippen LogP contribution in [0.2, 0.25) is 10.0 Å². The van der Waals surface area contributed by atoms with Crippen molar-refractivity contribution in [2.45, 2.75) is 20.5 Å². The summed E-state index contributed by atoms with van der Waals surface area (Å²) in [5.74, 6) is -1.35. The van der Waals surface area contributed by atoms with Crippen LogP contribution in [0.3, 0.4) is 0 Å². The van der Waals surface area contributed by atoms with E-state index in [4.69, 9.17) is 32.7 Å². The van der Waals surface area contributed by atoms with Crippen LogP contribution in [0.5, 0.6) is 5.75 Å². The molecule has 6 nitrogen and oxygen atoms in total. The second-order valence-electron chi connectivity index (χ2n) is 8.37. The van der Waals surface area contributed by atoms with E-state index in [1.807, 2.05) is 31.2 Å². The summed E-state index contributed by atoms with van der Waals surface area (Å²) >= 11 is 16.2. The van der Waals surface area contributed by atoms with Gasteiger partial charge in [0.15, 0.2) is 5.75 Å². The molecule has 0 unspecified atom stereocenters. The molecule has 3 aromatic carbocycles. The van der Waals surface area contributed by atoms with Gasteiger partial charge in [-0.3, -0.25) is 4.79 Å². The molecule has 0 spiro atoms. The van der Waals surface area contributed by atoms with Crippen molar-refractivity contribution in [2.75, 3.05) is 6.61 Å². The summed E-state index contributed by atoms with van der Waals surface area (Å²) in [6.07, 6.45) is 1.60. The number of carbonyl (C=O) groups is 2. The first-order valence-electron chi connectivity index (χ1n) is 11.7. The molecule has 0 saturated heterocycles. The molecule has 1 aliphatic heterocycles. The van der Waals surface area contributed by atoms with E-state index in [0.29, 0.717) is 16.9 Å². The van der Waals surface area contributed by atoms with Crippen LogP contribution in [-0.2, 0) is 16.1 Å². The molecule has 3 aromatic rings. The van der Waals surface area contributed by atoms with Gasteiger partial charge in [0.2, 0.25) is 0 Å². The van der Waals surface area contributed by atoms with Gasteiger partial charge < -0.3 is 14.6 Å². The SMILES string of the molecule is CCOC(=O)C1=C(O)/C(=C/c2cc(Cl)c(OCc3ccc(I)cc3)c(Cl)c2)SC1=NC(=O)c1ccc(C)cc1. The van der Waals surface area contributed by atoms with Gasteiger partial charge in [-0.15, -0.1) is 0 Å². The molecule has 1 amide bonds. The Hall–Kier alpha value is -2.79. The summed E-state index contributed by atoms with van der Waals surface area (Å²) in [6, 6.07) is 18.0. The quantitative estimate of drug-likeness (QED) is 0.199. The molecule has 1 N–H and O–H groups in total. The van der Waals surface area contributed by atoms with E-state index in [1.54, 1.807) is 49.4 Å². The molecule has 0 aliphatic carbocycles. The first-order valence-corrected chi connectivity index (χ1v) is 14.4. The van der Waals surface area contributed by atoms with Crippen LogP contribution in [0.4, 0.5) is 0 Å². The van der Waals surface area contributed by atoms with Crippen molar-refractivity contribution in [2.24, 2.45) is 4.99 Å². The van der Waals surface area contributed by atoms with Gasteiger partial charge in [0.05, 0.1) is 21.6 Å². The maximum Gasteiger partial charge on any atom is 0.344 e. The van der Waals surface area contributed by atoms with Crippen molar-refractivity contribution < 1.29 is 24.2 Å². The van der Waals surface area contributed by atoms with Crippen molar-refractivity contribution >= 4 is 80.6 Å². The third-order valence-electron chi connectivity index (χ3n) is 5.49. The lowest BCUT2D eigenvalue weighted by molar-refractivity contribution is -0.138. The van der Waals surface area contributed by atoms with Crippen LogP contribution in [0, 0.1) is 10.5 Å². The predicted molar refractivity (Wildman–Crippen MR) is 165 cm³/mol. The average molecular weight is 694 g/mol. The van der Waals surface area contributed by atoms with E-state index >= 15 is 0 Å². The minimum absolute atomic E-state index is 0.0393. The van der Waals surface area contributed by atoms with Gasteiger partial charge in [-0.05, 0) is 90.0 Å². The van der Waals surface area contributed by atoms with Gasteiger partial charge in [-0.1, -0.05) is 64.8 Å². The maximum absolute atomic E-state index is 12.8. The van der Waals surface area contributed by atoms with Crippen LogP contribution in [-0.4, -0.2) is 28.6 Å². The molecule has 1 heterocycles. The van der Waals surface area contributed by atoms with Crippen LogP contribution in [0.25, 0.3) is 6.08 Å². The Labute approximate surface area is 253 Å². The fourth-order valence-corrected chi connectivity index (χ4v) is 5.52. The second kappa shape index (κ2) is 13.0. The van der Waals surface area contributed by atoms with Crippen molar-refractivity contribution in [1.29, 1.82) is 0 Å². The number of hydrogen-bond donors (Lipinski definition) is 1. The van der Waals surface area contributed by atoms with Crippen LogP contribution in [0.1, 0.15) is 34.0 Å². The number of hydrogen-bond acceptors (Lipinski definition) is 6. The number of aliphatic hydroxyl groups is 1. The topological polar surface area (TPSA) is 85.2 Å². The molecule has 0 radical (unpaired) electrons. The van der Waals surface area contributed by atoms with E-state index < -0.39 is 11.9 Å². The number of esters is 1. The zero-order valence-corrected chi connectivity index (χ0v) is 25.3. The first kappa shape index (κ1) is 29.2. The van der Waals surface area contributed by atoms with E-state index in [0.717, 1.165) is 26.5 Å². The number of nitrogens with zero attached hydrogens (tertiary/aromatic N) is 1. The molecule has 0 aromatic heterocycles. The number of aliphatic hydroxyl groups excluding tert-OH is 1. The normalized spacial score (nSPS) is 15.2. The Kier molecular flexibility index (Phi) is 9.76.